The van der Waals surface area contributed by atoms with Crippen LogP contribution < -0.4 is 5.73 Å². The number of nitrogen functional groups attached to an aromatic ring is 1. The van der Waals surface area contributed by atoms with Gasteiger partial charge in [-0.05, 0) is 6.92 Å². The summed E-state index contributed by atoms with van der Waals surface area (Å²) in [6.07, 6.45) is 5.64. The number of fused-ring (bicyclic) bond motifs is 1. The summed E-state index contributed by atoms with van der Waals surface area (Å²) in [6, 6.07) is 0. The molecule has 3 heterocycles. The highest BCUT2D eigenvalue weighted by molar-refractivity contribution is 5.81. The number of hydrogen-bond donors (Lipinski definition) is 3. The normalized spacial score (nSPS) is 33.9. The maximum Gasteiger partial charge on any atom is 0.199 e. The Kier molecular flexibility index (Phi) is 3.50. The van der Waals surface area contributed by atoms with Crippen LogP contribution in [0.1, 0.15) is 13.2 Å². The van der Waals surface area contributed by atoms with Crippen LogP contribution in [0.3, 0.4) is 0 Å². The van der Waals surface area contributed by atoms with Gasteiger partial charge in [-0.2, -0.15) is 0 Å². The summed E-state index contributed by atoms with van der Waals surface area (Å²) in [5.41, 5.74) is 3.26. The van der Waals surface area contributed by atoms with Crippen molar-refractivity contribution >= 4 is 17.0 Å². The molecule has 4 atom stereocenters. The van der Waals surface area contributed by atoms with E-state index in [2.05, 4.69) is 20.9 Å². The van der Waals surface area contributed by atoms with E-state index in [1.165, 1.54) is 24.3 Å². The standard InChI is InChI=1S/C14H17N5O4/c1-4-14(21)11(20)13(2,5-22-3)23-12(14)19-7-18-8-9(15)16-6-17-10(8)19/h1,6-7,11-12,20-21H,5H2,2-3H3,(H2,15,16,17). The van der Waals surface area contributed by atoms with Crippen LogP contribution >= 0.6 is 0 Å². The van der Waals surface area contributed by atoms with Crippen LogP contribution in [0.15, 0.2) is 12.7 Å². The highest BCUT2D eigenvalue weighted by Gasteiger charge is 2.61. The quantitative estimate of drug-likeness (QED) is 0.619. The molecule has 2 aromatic heterocycles. The fourth-order valence-corrected chi connectivity index (χ4v) is 2.87. The second-order valence-corrected chi connectivity index (χ2v) is 5.67. The zero-order valence-electron chi connectivity index (χ0n) is 12.7. The third kappa shape index (κ3) is 2.08. The van der Waals surface area contributed by atoms with Crippen molar-refractivity contribution in [3.05, 3.63) is 12.7 Å². The average Bonchev–Trinajstić information content (AvgIpc) is 3.03. The summed E-state index contributed by atoms with van der Waals surface area (Å²) in [6.45, 7) is 1.64. The molecular formula is C14H17N5O4. The largest absolute Gasteiger partial charge is 0.386 e. The van der Waals surface area contributed by atoms with E-state index in [-0.39, 0.29) is 12.4 Å². The summed E-state index contributed by atoms with van der Waals surface area (Å²) < 4.78 is 12.4. The number of imidazole rings is 1. The van der Waals surface area contributed by atoms with E-state index in [0.717, 1.165) is 0 Å². The molecule has 3 rings (SSSR count). The third-order valence-corrected chi connectivity index (χ3v) is 4.05. The molecule has 1 aliphatic heterocycles. The predicted molar refractivity (Wildman–Crippen MR) is 79.9 cm³/mol. The SMILES string of the molecule is C#CC1(O)C(n2cnc3c(N)ncnc32)OC(C)(COC)C1O. The minimum atomic E-state index is -1.99. The number of methoxy groups -OCH3 is 1. The number of anilines is 1. The molecule has 0 amide bonds. The number of aliphatic hydroxyl groups excluding tert-OH is 1. The van der Waals surface area contributed by atoms with Gasteiger partial charge in [0.1, 0.15) is 23.5 Å². The predicted octanol–water partition coefficient (Wildman–Crippen LogP) is -0.932. The Morgan fingerprint density at radius 3 is 2.91 bits per heavy atom. The summed E-state index contributed by atoms with van der Waals surface area (Å²) in [7, 11) is 1.46. The fourth-order valence-electron chi connectivity index (χ4n) is 2.87. The van der Waals surface area contributed by atoms with Gasteiger partial charge in [-0.15, -0.1) is 6.42 Å². The molecule has 1 fully saturated rings. The Labute approximate surface area is 132 Å². The molecule has 2 aromatic rings. The van der Waals surface area contributed by atoms with Gasteiger partial charge >= 0.3 is 0 Å². The fraction of sp³-hybridized carbons (Fsp3) is 0.500. The van der Waals surface area contributed by atoms with Crippen LogP contribution in [0, 0.1) is 12.3 Å². The molecule has 0 saturated carbocycles. The van der Waals surface area contributed by atoms with Crippen molar-refractivity contribution in [3.63, 3.8) is 0 Å². The van der Waals surface area contributed by atoms with Crippen LogP contribution in [0.4, 0.5) is 5.82 Å². The van der Waals surface area contributed by atoms with Crippen LogP contribution in [0.5, 0.6) is 0 Å². The van der Waals surface area contributed by atoms with E-state index < -0.39 is 23.5 Å². The van der Waals surface area contributed by atoms with Crippen LogP contribution in [0.25, 0.3) is 11.2 Å². The molecule has 23 heavy (non-hydrogen) atoms. The minimum Gasteiger partial charge on any atom is -0.386 e. The highest BCUT2D eigenvalue weighted by atomic mass is 16.6. The smallest absolute Gasteiger partial charge is 0.199 e. The number of nitrogens with two attached hydrogens (primary N) is 1. The lowest BCUT2D eigenvalue weighted by molar-refractivity contribution is -0.123. The van der Waals surface area contributed by atoms with E-state index in [9.17, 15) is 10.2 Å². The van der Waals surface area contributed by atoms with Crippen molar-refractivity contribution in [2.24, 2.45) is 0 Å². The summed E-state index contributed by atoms with van der Waals surface area (Å²) >= 11 is 0. The van der Waals surface area contributed by atoms with Gasteiger partial charge in [-0.1, -0.05) is 5.92 Å². The van der Waals surface area contributed by atoms with Crippen LogP contribution in [-0.2, 0) is 9.47 Å². The molecule has 9 nitrogen and oxygen atoms in total. The number of nitrogens with zero attached hydrogens (tertiary/aromatic N) is 4. The molecule has 0 radical (unpaired) electrons. The minimum absolute atomic E-state index is 0.0401. The monoisotopic (exact) mass is 319 g/mol. The maximum atomic E-state index is 10.8. The zero-order chi connectivity index (χ0) is 16.8. The van der Waals surface area contributed by atoms with Gasteiger partial charge in [0, 0.05) is 7.11 Å². The average molecular weight is 319 g/mol. The first-order valence-electron chi connectivity index (χ1n) is 6.85. The lowest BCUT2D eigenvalue weighted by Gasteiger charge is -2.28. The summed E-state index contributed by atoms with van der Waals surface area (Å²) in [5.74, 6) is 2.41. The summed E-state index contributed by atoms with van der Waals surface area (Å²) in [4.78, 5) is 12.1. The van der Waals surface area contributed by atoms with Crippen molar-refractivity contribution in [1.82, 2.24) is 19.5 Å². The van der Waals surface area contributed by atoms with Gasteiger partial charge in [0.2, 0.25) is 0 Å². The molecule has 9 heteroatoms. The van der Waals surface area contributed by atoms with Crippen molar-refractivity contribution in [1.29, 1.82) is 0 Å². The number of aromatic nitrogens is 4. The molecular weight excluding hydrogens is 302 g/mol. The Morgan fingerprint density at radius 2 is 2.26 bits per heavy atom. The molecule has 0 bridgehead atoms. The topological polar surface area (TPSA) is 129 Å². The lowest BCUT2D eigenvalue weighted by Crippen LogP contribution is -2.50. The summed E-state index contributed by atoms with van der Waals surface area (Å²) in [5, 5.41) is 21.3. The van der Waals surface area contributed by atoms with Crippen molar-refractivity contribution < 1.29 is 19.7 Å². The lowest BCUT2D eigenvalue weighted by atomic mass is 9.88. The Hall–Kier alpha value is -2.25. The van der Waals surface area contributed by atoms with E-state index in [1.54, 1.807) is 6.92 Å². The molecule has 4 N–H and O–H groups in total. The van der Waals surface area contributed by atoms with Gasteiger partial charge < -0.3 is 25.4 Å². The zero-order valence-corrected chi connectivity index (χ0v) is 12.7. The first-order valence-corrected chi connectivity index (χ1v) is 6.85. The van der Waals surface area contributed by atoms with Gasteiger partial charge in [0.15, 0.2) is 23.3 Å². The molecule has 1 saturated heterocycles. The van der Waals surface area contributed by atoms with Gasteiger partial charge in [-0.25, -0.2) is 15.0 Å². The first-order chi connectivity index (χ1) is 10.9. The number of aliphatic hydroxyl groups is 2. The highest BCUT2D eigenvalue weighted by Crippen LogP contribution is 2.45. The Balaban J connectivity index is 2.14. The van der Waals surface area contributed by atoms with E-state index in [4.69, 9.17) is 21.6 Å². The van der Waals surface area contributed by atoms with E-state index >= 15 is 0 Å². The first kappa shape index (κ1) is 15.6. The molecule has 0 spiro atoms. The number of terminal acetylenes is 1. The van der Waals surface area contributed by atoms with Crippen LogP contribution in [0.2, 0.25) is 0 Å². The maximum absolute atomic E-state index is 10.8. The molecule has 4 unspecified atom stereocenters. The Bertz CT molecular complexity index is 787. The molecule has 0 aromatic carbocycles. The number of ether oxygens (including phenoxy) is 2. The van der Waals surface area contributed by atoms with Crippen LogP contribution in [-0.4, -0.2) is 60.8 Å². The van der Waals surface area contributed by atoms with E-state index in [1.807, 2.05) is 0 Å². The molecule has 122 valence electrons. The van der Waals surface area contributed by atoms with Gasteiger partial charge in [0.05, 0.1) is 12.9 Å². The van der Waals surface area contributed by atoms with Gasteiger partial charge in [0.25, 0.3) is 0 Å². The number of hydrogen-bond acceptors (Lipinski definition) is 8. The number of rotatable bonds is 3. The third-order valence-electron chi connectivity index (χ3n) is 4.05. The van der Waals surface area contributed by atoms with Crippen molar-refractivity contribution in [2.45, 2.75) is 30.5 Å². The van der Waals surface area contributed by atoms with E-state index in [0.29, 0.717) is 11.2 Å². The molecule has 0 aliphatic carbocycles. The van der Waals surface area contributed by atoms with Crippen molar-refractivity contribution in [3.8, 4) is 12.3 Å². The second-order valence-electron chi connectivity index (χ2n) is 5.67. The molecule has 1 aliphatic rings. The second kappa shape index (κ2) is 5.14. The van der Waals surface area contributed by atoms with Crippen molar-refractivity contribution in [2.75, 3.05) is 19.5 Å². The van der Waals surface area contributed by atoms with Gasteiger partial charge in [-0.3, -0.25) is 4.57 Å². The Morgan fingerprint density at radius 1 is 1.52 bits per heavy atom.